The fourth-order valence-corrected chi connectivity index (χ4v) is 6.15. The lowest BCUT2D eigenvalue weighted by molar-refractivity contribution is -0.110. The van der Waals surface area contributed by atoms with Crippen molar-refractivity contribution in [1.82, 2.24) is 4.57 Å². The quantitative estimate of drug-likeness (QED) is 0.536. The van der Waals surface area contributed by atoms with E-state index in [0.717, 1.165) is 21.3 Å². The van der Waals surface area contributed by atoms with Crippen LogP contribution in [0.3, 0.4) is 0 Å². The van der Waals surface area contributed by atoms with Crippen molar-refractivity contribution in [3.63, 3.8) is 0 Å². The Kier molecular flexibility index (Phi) is 3.57. The van der Waals surface area contributed by atoms with Gasteiger partial charge in [0.15, 0.2) is 4.80 Å². The monoisotopic (exact) mass is 481 g/mol. The lowest BCUT2D eigenvalue weighted by atomic mass is 9.83. The zero-order valence-corrected chi connectivity index (χ0v) is 18.5. The van der Waals surface area contributed by atoms with Crippen LogP contribution in [0.15, 0.2) is 56.7 Å². The molecule has 8 heteroatoms. The lowest BCUT2D eigenvalue weighted by Gasteiger charge is -2.45. The Bertz CT molecular complexity index is 1460. The second kappa shape index (κ2) is 5.92. The molecule has 30 heavy (non-hydrogen) atoms. The molecule has 3 aromatic rings. The molecule has 0 saturated carbocycles. The Hall–Kier alpha value is -2.71. The number of fused-ring (bicyclic) bond motifs is 7. The number of amides is 1. The molecule has 3 aliphatic heterocycles. The Morgan fingerprint density at radius 1 is 1.23 bits per heavy atom. The van der Waals surface area contributed by atoms with Crippen molar-refractivity contribution < 1.29 is 9.53 Å². The summed E-state index contributed by atoms with van der Waals surface area (Å²) in [6.07, 6.45) is 0. The summed E-state index contributed by atoms with van der Waals surface area (Å²) in [5.74, 6) is 0.444. The summed E-state index contributed by atoms with van der Waals surface area (Å²) in [6, 6.07) is 13.2. The van der Waals surface area contributed by atoms with Gasteiger partial charge in [-0.05, 0) is 31.2 Å². The molecule has 0 radical (unpaired) electrons. The van der Waals surface area contributed by atoms with E-state index >= 15 is 0 Å². The Balaban J connectivity index is 1.71. The van der Waals surface area contributed by atoms with E-state index in [2.05, 4.69) is 28.2 Å². The number of rotatable bonds is 0. The molecule has 0 spiro atoms. The molecule has 2 aromatic carbocycles. The number of carbonyl (C=O) groups is 1. The number of carbonyl (C=O) groups excluding carboxylic acids is 1. The van der Waals surface area contributed by atoms with Crippen LogP contribution in [0.2, 0.25) is 0 Å². The molecule has 3 unspecified atom stereocenters. The van der Waals surface area contributed by atoms with Crippen molar-refractivity contribution in [1.29, 1.82) is 0 Å². The van der Waals surface area contributed by atoms with Gasteiger partial charge in [-0.2, -0.15) is 0 Å². The predicted molar refractivity (Wildman–Crippen MR) is 117 cm³/mol. The van der Waals surface area contributed by atoms with Gasteiger partial charge in [0, 0.05) is 27.2 Å². The number of benzene rings is 2. The van der Waals surface area contributed by atoms with Crippen LogP contribution in [0.1, 0.15) is 31.0 Å². The van der Waals surface area contributed by atoms with Crippen molar-refractivity contribution in [3.05, 3.63) is 77.8 Å². The highest BCUT2D eigenvalue weighted by Gasteiger charge is 2.49. The number of nitrogens with one attached hydrogen (secondary N) is 1. The van der Waals surface area contributed by atoms with Crippen LogP contribution in [0.5, 0.6) is 5.75 Å². The summed E-state index contributed by atoms with van der Waals surface area (Å²) in [7, 11) is 0. The Labute approximate surface area is 183 Å². The number of hydrogen-bond acceptors (Lipinski definition) is 5. The zero-order chi connectivity index (χ0) is 20.8. The molecule has 6 rings (SSSR count). The van der Waals surface area contributed by atoms with Gasteiger partial charge in [0.1, 0.15) is 10.3 Å². The molecule has 0 saturated heterocycles. The van der Waals surface area contributed by atoms with Gasteiger partial charge < -0.3 is 10.1 Å². The maximum atomic E-state index is 13.7. The third kappa shape index (κ3) is 2.26. The average Bonchev–Trinajstić information content (AvgIpc) is 3.17. The van der Waals surface area contributed by atoms with Gasteiger partial charge in [0.25, 0.3) is 11.5 Å². The number of aromatic nitrogens is 1. The molecule has 2 bridgehead atoms. The summed E-state index contributed by atoms with van der Waals surface area (Å²) in [5.41, 5.74) is 1.85. The Morgan fingerprint density at radius 2 is 2.03 bits per heavy atom. The molecule has 0 aliphatic carbocycles. The molecule has 1 aromatic heterocycles. The van der Waals surface area contributed by atoms with Crippen LogP contribution in [0, 0.1) is 5.92 Å². The molecule has 6 nitrogen and oxygen atoms in total. The standard InChI is InChI=1S/C22H16BrN3O3S/c1-10-17-12-5-3-4-6-15(12)29-22(10,2)25-21-26(17)20(28)18(30-21)16-13-9-11(23)7-8-14(13)24-19(16)27/h3-10,17H,1-2H3,(H,24,27)/b18-16-. The SMILES string of the molecule is CC1C2c3ccccc3OC1(C)N=c1s/c(=C3\C(=O)Nc4ccc(Br)cc43)c(=O)n12. The summed E-state index contributed by atoms with van der Waals surface area (Å²) in [4.78, 5) is 31.9. The van der Waals surface area contributed by atoms with Gasteiger partial charge in [0.05, 0.1) is 11.6 Å². The van der Waals surface area contributed by atoms with E-state index in [1.807, 2.05) is 49.4 Å². The van der Waals surface area contributed by atoms with Crippen molar-refractivity contribution in [2.24, 2.45) is 10.9 Å². The summed E-state index contributed by atoms with van der Waals surface area (Å²) in [6.45, 7) is 4.01. The molecular weight excluding hydrogens is 466 g/mol. The van der Waals surface area contributed by atoms with Crippen molar-refractivity contribution in [2.45, 2.75) is 25.6 Å². The maximum absolute atomic E-state index is 13.7. The van der Waals surface area contributed by atoms with E-state index in [-0.39, 0.29) is 23.4 Å². The highest BCUT2D eigenvalue weighted by atomic mass is 79.9. The number of ether oxygens (including phenoxy) is 1. The minimum absolute atomic E-state index is 0.0381. The number of para-hydroxylation sites is 1. The normalized spacial score (nSPS) is 27.4. The fourth-order valence-electron chi connectivity index (χ4n) is 4.60. The second-order valence-electron chi connectivity index (χ2n) is 7.95. The summed E-state index contributed by atoms with van der Waals surface area (Å²) < 4.78 is 9.25. The number of halogens is 1. The molecule has 150 valence electrons. The summed E-state index contributed by atoms with van der Waals surface area (Å²) in [5, 5.41) is 2.87. The van der Waals surface area contributed by atoms with E-state index in [1.165, 1.54) is 11.3 Å². The van der Waals surface area contributed by atoms with Gasteiger partial charge in [-0.25, -0.2) is 4.99 Å². The Morgan fingerprint density at radius 3 is 2.87 bits per heavy atom. The fraction of sp³-hybridized carbons (Fsp3) is 0.227. The first-order valence-corrected chi connectivity index (χ1v) is 11.2. The van der Waals surface area contributed by atoms with Crippen LogP contribution in [0.4, 0.5) is 5.69 Å². The topological polar surface area (TPSA) is 72.7 Å². The first kappa shape index (κ1) is 18.1. The van der Waals surface area contributed by atoms with E-state index in [0.29, 0.717) is 20.6 Å². The third-order valence-electron chi connectivity index (χ3n) is 6.23. The third-order valence-corrected chi connectivity index (χ3v) is 7.78. The minimum atomic E-state index is -0.767. The molecule has 1 N–H and O–H groups in total. The highest BCUT2D eigenvalue weighted by Crippen LogP contribution is 2.46. The van der Waals surface area contributed by atoms with Crippen LogP contribution >= 0.6 is 27.3 Å². The number of anilines is 1. The number of nitrogens with zero attached hydrogens (tertiary/aromatic N) is 2. The largest absolute Gasteiger partial charge is 0.466 e. The molecular formula is C22H16BrN3O3S. The smallest absolute Gasteiger partial charge is 0.271 e. The van der Waals surface area contributed by atoms with Gasteiger partial charge >= 0.3 is 0 Å². The van der Waals surface area contributed by atoms with E-state index in [4.69, 9.17) is 9.73 Å². The first-order valence-electron chi connectivity index (χ1n) is 9.62. The van der Waals surface area contributed by atoms with Gasteiger partial charge in [-0.15, -0.1) is 0 Å². The van der Waals surface area contributed by atoms with Gasteiger partial charge in [-0.3, -0.25) is 14.2 Å². The van der Waals surface area contributed by atoms with Crippen molar-refractivity contribution in [3.8, 4) is 5.75 Å². The first-order chi connectivity index (χ1) is 14.4. The molecule has 3 aliphatic rings. The van der Waals surface area contributed by atoms with Crippen molar-refractivity contribution in [2.75, 3.05) is 5.32 Å². The zero-order valence-electron chi connectivity index (χ0n) is 16.1. The molecule has 0 fully saturated rings. The lowest BCUT2D eigenvalue weighted by Crippen LogP contribution is -2.54. The maximum Gasteiger partial charge on any atom is 0.271 e. The number of hydrogen-bond donors (Lipinski definition) is 1. The van der Waals surface area contributed by atoms with E-state index in [1.54, 1.807) is 4.57 Å². The molecule has 1 amide bonds. The minimum Gasteiger partial charge on any atom is -0.466 e. The molecule has 3 atom stereocenters. The predicted octanol–water partition coefficient (Wildman–Crippen LogP) is 2.79. The van der Waals surface area contributed by atoms with Gasteiger partial charge in [0.2, 0.25) is 5.72 Å². The van der Waals surface area contributed by atoms with E-state index in [9.17, 15) is 9.59 Å². The number of thiazole rings is 1. The van der Waals surface area contributed by atoms with Crippen LogP contribution in [-0.2, 0) is 4.79 Å². The van der Waals surface area contributed by atoms with Crippen LogP contribution in [0.25, 0.3) is 5.57 Å². The van der Waals surface area contributed by atoms with Crippen LogP contribution < -0.4 is 24.9 Å². The van der Waals surface area contributed by atoms with Crippen molar-refractivity contribution >= 4 is 44.4 Å². The summed E-state index contributed by atoms with van der Waals surface area (Å²) >= 11 is 4.72. The average molecular weight is 482 g/mol. The van der Waals surface area contributed by atoms with E-state index < -0.39 is 5.72 Å². The second-order valence-corrected chi connectivity index (χ2v) is 9.84. The van der Waals surface area contributed by atoms with Crippen LogP contribution in [-0.4, -0.2) is 16.2 Å². The highest BCUT2D eigenvalue weighted by molar-refractivity contribution is 9.10. The van der Waals surface area contributed by atoms with Gasteiger partial charge in [-0.1, -0.05) is 52.4 Å². The molecule has 4 heterocycles.